The van der Waals surface area contributed by atoms with Crippen molar-refractivity contribution in [3.8, 4) is 0 Å². The number of nitrogens with one attached hydrogen (secondary N) is 1. The molecule has 3 rings (SSSR count). The molecule has 0 aliphatic carbocycles. The van der Waals surface area contributed by atoms with Crippen LogP contribution in [0.3, 0.4) is 0 Å². The Morgan fingerprint density at radius 1 is 1.00 bits per heavy atom. The first kappa shape index (κ1) is 17.0. The van der Waals surface area contributed by atoms with Gasteiger partial charge in [-0.15, -0.1) is 0 Å². The molecule has 0 radical (unpaired) electrons. The highest BCUT2D eigenvalue weighted by molar-refractivity contribution is 5.76. The number of carbonyl (C=O) groups is 1. The van der Waals surface area contributed by atoms with Crippen LogP contribution in [0.25, 0.3) is 0 Å². The van der Waals surface area contributed by atoms with Crippen molar-refractivity contribution in [2.75, 3.05) is 0 Å². The van der Waals surface area contributed by atoms with Gasteiger partial charge in [-0.2, -0.15) is 5.10 Å². The Kier molecular flexibility index (Phi) is 4.98. The fraction of sp³-hybridized carbons (Fsp3) is 0.238. The minimum absolute atomic E-state index is 0.0550. The maximum atomic E-state index is 12.6. The number of aromatic nitrogens is 2. The van der Waals surface area contributed by atoms with Crippen molar-refractivity contribution in [2.45, 2.75) is 33.4 Å². The average molecular weight is 333 g/mol. The monoisotopic (exact) mass is 333 g/mol. The molecule has 0 saturated carbocycles. The van der Waals surface area contributed by atoms with Crippen LogP contribution >= 0.6 is 0 Å². The Bertz CT molecular complexity index is 851. The third-order valence-electron chi connectivity index (χ3n) is 4.25. The van der Waals surface area contributed by atoms with Crippen LogP contribution in [0, 0.1) is 20.8 Å². The fourth-order valence-corrected chi connectivity index (χ4v) is 2.94. The Morgan fingerprint density at radius 3 is 2.24 bits per heavy atom. The SMILES string of the molecule is Cc1ccc([C@@H](NC(=O)Cn2nc(C)cc2C)c2ccccc2)cc1. The third-order valence-corrected chi connectivity index (χ3v) is 4.25. The van der Waals surface area contributed by atoms with E-state index in [-0.39, 0.29) is 18.5 Å². The van der Waals surface area contributed by atoms with E-state index in [0.717, 1.165) is 22.5 Å². The molecule has 0 spiro atoms. The summed E-state index contributed by atoms with van der Waals surface area (Å²) in [5, 5.41) is 7.52. The third kappa shape index (κ3) is 4.15. The first-order valence-electron chi connectivity index (χ1n) is 8.45. The molecule has 3 aromatic rings. The van der Waals surface area contributed by atoms with Gasteiger partial charge in [0.15, 0.2) is 0 Å². The summed E-state index contributed by atoms with van der Waals surface area (Å²) < 4.78 is 1.74. The molecule has 1 amide bonds. The zero-order valence-corrected chi connectivity index (χ0v) is 14.9. The normalized spacial score (nSPS) is 12.0. The minimum Gasteiger partial charge on any atom is -0.344 e. The van der Waals surface area contributed by atoms with Crippen LogP contribution in [-0.2, 0) is 11.3 Å². The van der Waals surface area contributed by atoms with E-state index >= 15 is 0 Å². The van der Waals surface area contributed by atoms with Crippen LogP contribution in [0.5, 0.6) is 0 Å². The van der Waals surface area contributed by atoms with Crippen LogP contribution in [0.1, 0.15) is 34.1 Å². The van der Waals surface area contributed by atoms with Crippen LogP contribution < -0.4 is 5.32 Å². The summed E-state index contributed by atoms with van der Waals surface area (Å²) >= 11 is 0. The lowest BCUT2D eigenvalue weighted by Crippen LogP contribution is -2.32. The van der Waals surface area contributed by atoms with E-state index in [4.69, 9.17) is 0 Å². The quantitative estimate of drug-likeness (QED) is 0.773. The average Bonchev–Trinajstić information content (AvgIpc) is 2.91. The number of hydrogen-bond acceptors (Lipinski definition) is 2. The second kappa shape index (κ2) is 7.34. The minimum atomic E-state index is -0.175. The molecule has 4 nitrogen and oxygen atoms in total. The second-order valence-corrected chi connectivity index (χ2v) is 6.41. The molecule has 0 fully saturated rings. The Morgan fingerprint density at radius 2 is 1.64 bits per heavy atom. The lowest BCUT2D eigenvalue weighted by Gasteiger charge is -2.20. The van der Waals surface area contributed by atoms with Crippen LogP contribution in [0.4, 0.5) is 0 Å². The summed E-state index contributed by atoms with van der Waals surface area (Å²) in [6, 6.07) is 20.1. The van der Waals surface area contributed by atoms with E-state index in [9.17, 15) is 4.79 Å². The molecule has 0 aliphatic heterocycles. The van der Waals surface area contributed by atoms with Crippen molar-refractivity contribution in [1.29, 1.82) is 0 Å². The highest BCUT2D eigenvalue weighted by atomic mass is 16.2. The number of carbonyl (C=O) groups excluding carboxylic acids is 1. The zero-order valence-electron chi connectivity index (χ0n) is 14.9. The van der Waals surface area contributed by atoms with E-state index in [0.29, 0.717) is 0 Å². The summed E-state index contributed by atoms with van der Waals surface area (Å²) in [5.41, 5.74) is 5.24. The van der Waals surface area contributed by atoms with Gasteiger partial charge >= 0.3 is 0 Å². The Hall–Kier alpha value is -2.88. The van der Waals surface area contributed by atoms with Gasteiger partial charge in [0.1, 0.15) is 6.54 Å². The van der Waals surface area contributed by atoms with E-state index < -0.39 is 0 Å². The standard InChI is InChI=1S/C21H23N3O/c1-15-9-11-19(12-10-15)21(18-7-5-4-6-8-18)22-20(25)14-24-17(3)13-16(2)23-24/h4-13,21H,14H2,1-3H3,(H,22,25)/t21-/m0/s1. The number of hydrogen-bond donors (Lipinski definition) is 1. The van der Waals surface area contributed by atoms with Gasteiger partial charge in [-0.3, -0.25) is 9.48 Å². The zero-order chi connectivity index (χ0) is 17.8. The first-order chi connectivity index (χ1) is 12.0. The Labute approximate surface area is 148 Å². The molecule has 0 saturated heterocycles. The number of aryl methyl sites for hydroxylation is 3. The van der Waals surface area contributed by atoms with E-state index in [1.165, 1.54) is 5.56 Å². The summed E-state index contributed by atoms with van der Waals surface area (Å²) in [4.78, 5) is 12.6. The van der Waals surface area contributed by atoms with Crippen LogP contribution in [0.2, 0.25) is 0 Å². The Balaban J connectivity index is 1.83. The van der Waals surface area contributed by atoms with Gasteiger partial charge in [-0.1, -0.05) is 60.2 Å². The highest BCUT2D eigenvalue weighted by Crippen LogP contribution is 2.22. The molecular weight excluding hydrogens is 310 g/mol. The maximum Gasteiger partial charge on any atom is 0.242 e. The molecule has 1 N–H and O–H groups in total. The van der Waals surface area contributed by atoms with Crippen molar-refractivity contribution in [1.82, 2.24) is 15.1 Å². The van der Waals surface area contributed by atoms with Gasteiger partial charge in [0.2, 0.25) is 5.91 Å². The molecular formula is C21H23N3O. The van der Waals surface area contributed by atoms with Crippen molar-refractivity contribution >= 4 is 5.91 Å². The molecule has 0 aliphatic rings. The van der Waals surface area contributed by atoms with Crippen LogP contribution in [-0.4, -0.2) is 15.7 Å². The molecule has 4 heteroatoms. The molecule has 25 heavy (non-hydrogen) atoms. The van der Waals surface area contributed by atoms with Crippen molar-refractivity contribution < 1.29 is 4.79 Å². The van der Waals surface area contributed by atoms with Gasteiger partial charge in [0.25, 0.3) is 0 Å². The van der Waals surface area contributed by atoms with Crippen molar-refractivity contribution in [2.24, 2.45) is 0 Å². The predicted molar refractivity (Wildman–Crippen MR) is 99.3 cm³/mol. The largest absolute Gasteiger partial charge is 0.344 e. The van der Waals surface area contributed by atoms with E-state index in [1.54, 1.807) is 4.68 Å². The van der Waals surface area contributed by atoms with E-state index in [2.05, 4.69) is 41.6 Å². The predicted octanol–water partition coefficient (Wildman–Crippen LogP) is 3.71. The molecule has 0 bridgehead atoms. The van der Waals surface area contributed by atoms with Crippen LogP contribution in [0.15, 0.2) is 60.7 Å². The summed E-state index contributed by atoms with van der Waals surface area (Å²) in [6.07, 6.45) is 0. The molecule has 1 aromatic heterocycles. The van der Waals surface area contributed by atoms with Gasteiger partial charge in [-0.05, 0) is 38.0 Å². The van der Waals surface area contributed by atoms with E-state index in [1.807, 2.05) is 50.2 Å². The van der Waals surface area contributed by atoms with Gasteiger partial charge in [0.05, 0.1) is 11.7 Å². The molecule has 2 aromatic carbocycles. The van der Waals surface area contributed by atoms with Crippen molar-refractivity contribution in [3.63, 3.8) is 0 Å². The first-order valence-corrected chi connectivity index (χ1v) is 8.45. The number of amides is 1. The number of rotatable bonds is 5. The highest BCUT2D eigenvalue weighted by Gasteiger charge is 2.17. The molecule has 1 atom stereocenters. The summed E-state index contributed by atoms with van der Waals surface area (Å²) in [6.45, 7) is 6.17. The number of nitrogens with zero attached hydrogens (tertiary/aromatic N) is 2. The molecule has 1 heterocycles. The smallest absolute Gasteiger partial charge is 0.242 e. The maximum absolute atomic E-state index is 12.6. The topological polar surface area (TPSA) is 46.9 Å². The number of benzene rings is 2. The van der Waals surface area contributed by atoms with Gasteiger partial charge < -0.3 is 5.32 Å². The van der Waals surface area contributed by atoms with Crippen molar-refractivity contribution in [3.05, 3.63) is 88.7 Å². The van der Waals surface area contributed by atoms with Gasteiger partial charge in [0, 0.05) is 5.69 Å². The lowest BCUT2D eigenvalue weighted by atomic mass is 9.98. The molecule has 128 valence electrons. The van der Waals surface area contributed by atoms with Gasteiger partial charge in [-0.25, -0.2) is 0 Å². The molecule has 0 unspecified atom stereocenters. The fourth-order valence-electron chi connectivity index (χ4n) is 2.94. The summed E-state index contributed by atoms with van der Waals surface area (Å²) in [7, 11) is 0. The lowest BCUT2D eigenvalue weighted by molar-refractivity contribution is -0.122. The summed E-state index contributed by atoms with van der Waals surface area (Å²) in [5.74, 6) is -0.0550. The second-order valence-electron chi connectivity index (χ2n) is 6.41.